The van der Waals surface area contributed by atoms with Gasteiger partial charge in [-0.25, -0.2) is 8.78 Å². The average Bonchev–Trinajstić information content (AvgIpc) is 2.35. The molecule has 1 aromatic heterocycles. The van der Waals surface area contributed by atoms with Crippen molar-refractivity contribution < 1.29 is 13.5 Å². The van der Waals surface area contributed by atoms with E-state index in [1.807, 2.05) is 0 Å². The summed E-state index contributed by atoms with van der Waals surface area (Å²) >= 11 is 0. The Kier molecular flexibility index (Phi) is 3.36. The molecule has 0 aliphatic heterocycles. The molecule has 4 nitrogen and oxygen atoms in total. The first kappa shape index (κ1) is 12.2. The van der Waals surface area contributed by atoms with E-state index in [1.54, 1.807) is 24.3 Å². The SMILES string of the molecule is N=C(N)c1cnc2ccccc2c1OCC(F)F. The highest BCUT2D eigenvalue weighted by molar-refractivity contribution is 6.02. The van der Waals surface area contributed by atoms with Gasteiger partial charge in [-0.3, -0.25) is 10.4 Å². The molecule has 1 aromatic carbocycles. The molecule has 0 saturated heterocycles. The maximum Gasteiger partial charge on any atom is 0.272 e. The Morgan fingerprint density at radius 1 is 1.39 bits per heavy atom. The lowest BCUT2D eigenvalue weighted by molar-refractivity contribution is 0.0825. The second-order valence-electron chi connectivity index (χ2n) is 3.63. The Balaban J connectivity index is 2.55. The molecular weight excluding hydrogens is 240 g/mol. The molecule has 0 spiro atoms. The molecule has 0 amide bonds. The molecule has 6 heteroatoms. The van der Waals surface area contributed by atoms with Crippen LogP contribution in [0.25, 0.3) is 10.9 Å². The molecule has 0 radical (unpaired) electrons. The van der Waals surface area contributed by atoms with Crippen LogP contribution < -0.4 is 10.5 Å². The molecule has 0 atom stereocenters. The molecule has 0 saturated carbocycles. The lowest BCUT2D eigenvalue weighted by atomic mass is 10.1. The zero-order chi connectivity index (χ0) is 13.1. The highest BCUT2D eigenvalue weighted by Gasteiger charge is 2.14. The summed E-state index contributed by atoms with van der Waals surface area (Å²) in [6, 6.07) is 6.94. The van der Waals surface area contributed by atoms with E-state index in [-0.39, 0.29) is 17.1 Å². The van der Waals surface area contributed by atoms with Crippen LogP contribution in [0.1, 0.15) is 5.56 Å². The molecule has 0 aliphatic rings. The first-order chi connectivity index (χ1) is 8.59. The van der Waals surface area contributed by atoms with Crippen molar-refractivity contribution in [3.63, 3.8) is 0 Å². The third-order valence-electron chi connectivity index (χ3n) is 2.37. The third-order valence-corrected chi connectivity index (χ3v) is 2.37. The van der Waals surface area contributed by atoms with Gasteiger partial charge in [-0.1, -0.05) is 12.1 Å². The molecule has 2 aromatic rings. The number of halogens is 2. The third kappa shape index (κ3) is 2.37. The summed E-state index contributed by atoms with van der Waals surface area (Å²) < 4.78 is 29.5. The number of aromatic nitrogens is 1. The summed E-state index contributed by atoms with van der Waals surface area (Å²) in [5, 5.41) is 7.97. The molecular formula is C12H11F2N3O. The first-order valence-electron chi connectivity index (χ1n) is 5.22. The summed E-state index contributed by atoms with van der Waals surface area (Å²) in [5.41, 5.74) is 6.21. The van der Waals surface area contributed by atoms with Crippen molar-refractivity contribution >= 4 is 16.7 Å². The molecule has 94 valence electrons. The van der Waals surface area contributed by atoms with Crippen LogP contribution in [0, 0.1) is 5.41 Å². The molecule has 18 heavy (non-hydrogen) atoms. The minimum Gasteiger partial charge on any atom is -0.486 e. The number of rotatable bonds is 4. The van der Waals surface area contributed by atoms with Gasteiger partial charge in [-0.05, 0) is 12.1 Å². The number of pyridine rings is 1. The molecule has 0 fully saturated rings. The fourth-order valence-electron chi connectivity index (χ4n) is 1.61. The van der Waals surface area contributed by atoms with Gasteiger partial charge in [0.25, 0.3) is 6.43 Å². The maximum atomic E-state index is 12.2. The number of fused-ring (bicyclic) bond motifs is 1. The van der Waals surface area contributed by atoms with Crippen LogP contribution in [-0.2, 0) is 0 Å². The fourth-order valence-corrected chi connectivity index (χ4v) is 1.61. The summed E-state index contributed by atoms with van der Waals surface area (Å²) in [6.45, 7) is -0.742. The fraction of sp³-hybridized carbons (Fsp3) is 0.167. The number of ether oxygens (including phenoxy) is 1. The van der Waals surface area contributed by atoms with Gasteiger partial charge >= 0.3 is 0 Å². The first-order valence-corrected chi connectivity index (χ1v) is 5.22. The second kappa shape index (κ2) is 4.95. The molecule has 0 bridgehead atoms. The highest BCUT2D eigenvalue weighted by atomic mass is 19.3. The van der Waals surface area contributed by atoms with E-state index in [0.29, 0.717) is 10.9 Å². The molecule has 0 aliphatic carbocycles. The van der Waals surface area contributed by atoms with Crippen LogP contribution in [0.3, 0.4) is 0 Å². The Morgan fingerprint density at radius 2 is 2.11 bits per heavy atom. The zero-order valence-corrected chi connectivity index (χ0v) is 9.36. The predicted molar refractivity (Wildman–Crippen MR) is 64.3 cm³/mol. The van der Waals surface area contributed by atoms with Crippen LogP contribution in [0.15, 0.2) is 30.5 Å². The average molecular weight is 251 g/mol. The second-order valence-corrected chi connectivity index (χ2v) is 3.63. The van der Waals surface area contributed by atoms with Crippen molar-refractivity contribution in [3.05, 3.63) is 36.0 Å². The summed E-state index contributed by atoms with van der Waals surface area (Å²) in [7, 11) is 0. The topological polar surface area (TPSA) is 72.0 Å². The number of nitrogens with one attached hydrogen (secondary N) is 1. The summed E-state index contributed by atoms with van der Waals surface area (Å²) in [4.78, 5) is 4.10. The number of nitrogens with zero attached hydrogens (tertiary/aromatic N) is 1. The predicted octanol–water partition coefficient (Wildman–Crippen LogP) is 2.16. The monoisotopic (exact) mass is 251 g/mol. The van der Waals surface area contributed by atoms with Gasteiger partial charge in [0, 0.05) is 11.6 Å². The minimum absolute atomic E-state index is 0.174. The van der Waals surface area contributed by atoms with Crippen LogP contribution in [0.4, 0.5) is 8.78 Å². The number of nitrogen functional groups attached to an aromatic ring is 1. The van der Waals surface area contributed by atoms with Gasteiger partial charge in [0.1, 0.15) is 18.2 Å². The van der Waals surface area contributed by atoms with Crippen molar-refractivity contribution in [2.24, 2.45) is 5.73 Å². The van der Waals surface area contributed by atoms with Crippen molar-refractivity contribution in [2.75, 3.05) is 6.61 Å². The lowest BCUT2D eigenvalue weighted by Gasteiger charge is -2.12. The number of nitrogens with two attached hydrogens (primary N) is 1. The number of alkyl halides is 2. The van der Waals surface area contributed by atoms with Crippen LogP contribution in [0.2, 0.25) is 0 Å². The van der Waals surface area contributed by atoms with E-state index in [2.05, 4.69) is 4.98 Å². The number of amidine groups is 1. The minimum atomic E-state index is -2.59. The number of hydrogen-bond donors (Lipinski definition) is 2. The van der Waals surface area contributed by atoms with Gasteiger partial charge in [0.15, 0.2) is 0 Å². The van der Waals surface area contributed by atoms with Gasteiger partial charge in [-0.15, -0.1) is 0 Å². The van der Waals surface area contributed by atoms with Gasteiger partial charge < -0.3 is 10.5 Å². The maximum absolute atomic E-state index is 12.2. The summed E-state index contributed by atoms with van der Waals surface area (Å²) in [6.07, 6.45) is -1.23. The lowest BCUT2D eigenvalue weighted by Crippen LogP contribution is -2.16. The zero-order valence-electron chi connectivity index (χ0n) is 9.36. The van der Waals surface area contributed by atoms with E-state index in [4.69, 9.17) is 15.9 Å². The van der Waals surface area contributed by atoms with Gasteiger partial charge in [0.2, 0.25) is 0 Å². The number of benzene rings is 1. The largest absolute Gasteiger partial charge is 0.486 e. The highest BCUT2D eigenvalue weighted by Crippen LogP contribution is 2.28. The van der Waals surface area contributed by atoms with Crippen LogP contribution in [-0.4, -0.2) is 23.9 Å². The molecule has 3 N–H and O–H groups in total. The van der Waals surface area contributed by atoms with E-state index in [0.717, 1.165) is 0 Å². The van der Waals surface area contributed by atoms with Crippen molar-refractivity contribution in [3.8, 4) is 5.75 Å². The Hall–Kier alpha value is -2.24. The van der Waals surface area contributed by atoms with Crippen LogP contribution >= 0.6 is 0 Å². The normalized spacial score (nSPS) is 10.8. The molecule has 2 rings (SSSR count). The number of para-hydroxylation sites is 1. The quantitative estimate of drug-likeness (QED) is 0.646. The Bertz CT molecular complexity index is 587. The Labute approximate surface area is 102 Å². The van der Waals surface area contributed by atoms with E-state index in [9.17, 15) is 8.78 Å². The summed E-state index contributed by atoms with van der Waals surface area (Å²) in [5.74, 6) is -0.0917. The molecule has 1 heterocycles. The molecule has 0 unspecified atom stereocenters. The van der Waals surface area contributed by atoms with Crippen molar-refractivity contribution in [1.29, 1.82) is 5.41 Å². The van der Waals surface area contributed by atoms with Gasteiger partial charge in [0.05, 0.1) is 11.1 Å². The smallest absolute Gasteiger partial charge is 0.272 e. The van der Waals surface area contributed by atoms with Crippen LogP contribution in [0.5, 0.6) is 5.75 Å². The van der Waals surface area contributed by atoms with E-state index in [1.165, 1.54) is 6.20 Å². The number of hydrogen-bond acceptors (Lipinski definition) is 3. The van der Waals surface area contributed by atoms with Crippen molar-refractivity contribution in [1.82, 2.24) is 4.98 Å². The van der Waals surface area contributed by atoms with E-state index >= 15 is 0 Å². The standard InChI is InChI=1S/C12H11F2N3O/c13-10(14)6-18-11-7-3-1-2-4-9(7)17-5-8(11)12(15)16/h1-5,10H,6H2,(H3,15,16). The van der Waals surface area contributed by atoms with Gasteiger partial charge in [-0.2, -0.15) is 0 Å². The van der Waals surface area contributed by atoms with E-state index < -0.39 is 13.0 Å². The van der Waals surface area contributed by atoms with Crippen molar-refractivity contribution in [2.45, 2.75) is 6.43 Å². The Morgan fingerprint density at radius 3 is 2.78 bits per heavy atom.